The van der Waals surface area contributed by atoms with Gasteiger partial charge in [-0.3, -0.25) is 4.79 Å². The molecule has 0 bridgehead atoms. The number of hydrogen-bond donors (Lipinski definition) is 1. The fourth-order valence-electron chi connectivity index (χ4n) is 1.65. The number of aryl methyl sites for hydroxylation is 1. The third-order valence-corrected chi connectivity index (χ3v) is 2.33. The van der Waals surface area contributed by atoms with Crippen LogP contribution in [-0.2, 0) is 11.3 Å². The van der Waals surface area contributed by atoms with Crippen molar-refractivity contribution in [3.63, 3.8) is 0 Å². The molecule has 0 amide bonds. The summed E-state index contributed by atoms with van der Waals surface area (Å²) >= 11 is 0. The van der Waals surface area contributed by atoms with Gasteiger partial charge in [-0.05, 0) is 12.3 Å². The largest absolute Gasteiger partial charge is 0.481 e. The van der Waals surface area contributed by atoms with Crippen molar-refractivity contribution in [3.05, 3.63) is 11.9 Å². The highest BCUT2D eigenvalue weighted by atomic mass is 16.4. The average molecular weight is 211 g/mol. The smallest absolute Gasteiger partial charge is 0.312 e. The Balaban J connectivity index is 3.00. The molecule has 0 saturated carbocycles. The lowest BCUT2D eigenvalue weighted by Crippen LogP contribution is -2.21. The second-order valence-corrected chi connectivity index (χ2v) is 3.94. The highest BCUT2D eigenvalue weighted by Crippen LogP contribution is 2.23. The Labute approximate surface area is 89.1 Å². The molecule has 1 unspecified atom stereocenters. The van der Waals surface area contributed by atoms with Gasteiger partial charge in [-0.1, -0.05) is 26.0 Å². The van der Waals surface area contributed by atoms with Crippen molar-refractivity contribution in [2.24, 2.45) is 5.92 Å². The fraction of sp³-hybridized carbons (Fsp3) is 0.700. The molecule has 0 radical (unpaired) electrons. The van der Waals surface area contributed by atoms with Gasteiger partial charge in [-0.15, -0.1) is 5.10 Å². The van der Waals surface area contributed by atoms with Gasteiger partial charge in [0, 0.05) is 6.54 Å². The van der Waals surface area contributed by atoms with E-state index in [-0.39, 0.29) is 5.92 Å². The molecule has 5 nitrogen and oxygen atoms in total. The molecule has 1 atom stereocenters. The number of carboxylic acid groups (broad SMARTS) is 1. The minimum Gasteiger partial charge on any atom is -0.481 e. The van der Waals surface area contributed by atoms with Crippen LogP contribution in [0.1, 0.15) is 38.8 Å². The van der Waals surface area contributed by atoms with Crippen molar-refractivity contribution in [3.8, 4) is 0 Å². The summed E-state index contributed by atoms with van der Waals surface area (Å²) in [4.78, 5) is 11.1. The first-order chi connectivity index (χ1) is 7.07. The number of carboxylic acids is 1. The fourth-order valence-corrected chi connectivity index (χ4v) is 1.65. The Kier molecular flexibility index (Phi) is 3.82. The first kappa shape index (κ1) is 11.7. The molecule has 1 aromatic heterocycles. The minimum atomic E-state index is -0.815. The Hall–Kier alpha value is -1.39. The van der Waals surface area contributed by atoms with E-state index >= 15 is 0 Å². The standard InChI is InChI=1S/C10H17N3O2/c1-4-5-13-8(6-11-12-13)9(7(2)3)10(14)15/h6-7,9H,4-5H2,1-3H3,(H,14,15). The van der Waals surface area contributed by atoms with Crippen LogP contribution in [0.5, 0.6) is 0 Å². The van der Waals surface area contributed by atoms with Crippen LogP contribution in [0, 0.1) is 5.92 Å². The van der Waals surface area contributed by atoms with Gasteiger partial charge in [0.15, 0.2) is 0 Å². The lowest BCUT2D eigenvalue weighted by Gasteiger charge is -2.16. The summed E-state index contributed by atoms with van der Waals surface area (Å²) in [7, 11) is 0. The zero-order valence-electron chi connectivity index (χ0n) is 9.34. The van der Waals surface area contributed by atoms with E-state index in [9.17, 15) is 4.79 Å². The molecule has 0 aliphatic carbocycles. The molecule has 1 N–H and O–H groups in total. The molecule has 0 spiro atoms. The van der Waals surface area contributed by atoms with Gasteiger partial charge in [0.25, 0.3) is 0 Å². The molecule has 84 valence electrons. The quantitative estimate of drug-likeness (QED) is 0.801. The van der Waals surface area contributed by atoms with E-state index in [1.54, 1.807) is 10.9 Å². The Morgan fingerprint density at radius 1 is 1.60 bits per heavy atom. The van der Waals surface area contributed by atoms with Gasteiger partial charge in [0.2, 0.25) is 0 Å². The Morgan fingerprint density at radius 2 is 2.27 bits per heavy atom. The summed E-state index contributed by atoms with van der Waals surface area (Å²) in [5, 5.41) is 16.8. The summed E-state index contributed by atoms with van der Waals surface area (Å²) in [6, 6.07) is 0. The SMILES string of the molecule is CCCn1nncc1C(C(=O)O)C(C)C. The molecule has 0 aliphatic heterocycles. The average Bonchev–Trinajstić information content (AvgIpc) is 2.53. The lowest BCUT2D eigenvalue weighted by atomic mass is 9.93. The van der Waals surface area contributed by atoms with Gasteiger partial charge < -0.3 is 5.11 Å². The maximum Gasteiger partial charge on any atom is 0.312 e. The van der Waals surface area contributed by atoms with E-state index in [0.29, 0.717) is 12.2 Å². The van der Waals surface area contributed by atoms with E-state index in [0.717, 1.165) is 6.42 Å². The number of aliphatic carboxylic acids is 1. The summed E-state index contributed by atoms with van der Waals surface area (Å²) in [6.45, 7) is 6.52. The normalized spacial score (nSPS) is 13.1. The summed E-state index contributed by atoms with van der Waals surface area (Å²) in [5.74, 6) is -1.30. The molecular weight excluding hydrogens is 194 g/mol. The highest BCUT2D eigenvalue weighted by Gasteiger charge is 2.27. The topological polar surface area (TPSA) is 68.0 Å². The molecule has 0 saturated heterocycles. The van der Waals surface area contributed by atoms with Crippen LogP contribution in [0.25, 0.3) is 0 Å². The number of rotatable bonds is 5. The second kappa shape index (κ2) is 4.91. The molecule has 0 aromatic carbocycles. The van der Waals surface area contributed by atoms with E-state index in [4.69, 9.17) is 5.11 Å². The van der Waals surface area contributed by atoms with E-state index in [2.05, 4.69) is 10.3 Å². The number of aromatic nitrogens is 3. The third-order valence-electron chi connectivity index (χ3n) is 2.33. The monoisotopic (exact) mass is 211 g/mol. The van der Waals surface area contributed by atoms with Crippen molar-refractivity contribution >= 4 is 5.97 Å². The van der Waals surface area contributed by atoms with Gasteiger partial charge in [-0.2, -0.15) is 0 Å². The molecule has 0 fully saturated rings. The number of carbonyl (C=O) groups is 1. The van der Waals surface area contributed by atoms with Crippen LogP contribution >= 0.6 is 0 Å². The van der Waals surface area contributed by atoms with Crippen molar-refractivity contribution in [1.29, 1.82) is 0 Å². The molecule has 1 aromatic rings. The zero-order chi connectivity index (χ0) is 11.4. The number of hydrogen-bond acceptors (Lipinski definition) is 3. The zero-order valence-corrected chi connectivity index (χ0v) is 9.34. The van der Waals surface area contributed by atoms with Gasteiger partial charge in [-0.25, -0.2) is 4.68 Å². The molecule has 0 aliphatic rings. The predicted molar refractivity (Wildman–Crippen MR) is 55.5 cm³/mol. The first-order valence-electron chi connectivity index (χ1n) is 5.19. The molecule has 15 heavy (non-hydrogen) atoms. The van der Waals surface area contributed by atoms with Gasteiger partial charge in [0.1, 0.15) is 5.92 Å². The molecular formula is C10H17N3O2. The van der Waals surface area contributed by atoms with Crippen LogP contribution in [0.3, 0.4) is 0 Å². The molecule has 1 rings (SSSR count). The van der Waals surface area contributed by atoms with E-state index < -0.39 is 11.9 Å². The molecule has 1 heterocycles. The molecule has 5 heteroatoms. The number of nitrogens with zero attached hydrogens (tertiary/aromatic N) is 3. The minimum absolute atomic E-state index is 0.0385. The van der Waals surface area contributed by atoms with Crippen LogP contribution in [0.15, 0.2) is 6.20 Å². The first-order valence-corrected chi connectivity index (χ1v) is 5.19. The van der Waals surface area contributed by atoms with Crippen molar-refractivity contribution in [2.75, 3.05) is 0 Å². The van der Waals surface area contributed by atoms with Crippen LogP contribution in [-0.4, -0.2) is 26.1 Å². The maximum atomic E-state index is 11.1. The predicted octanol–water partition coefficient (Wildman–Crippen LogP) is 1.51. The van der Waals surface area contributed by atoms with E-state index in [1.165, 1.54) is 0 Å². The van der Waals surface area contributed by atoms with Gasteiger partial charge in [0.05, 0.1) is 11.9 Å². The summed E-state index contributed by atoms with van der Waals surface area (Å²) < 4.78 is 1.68. The highest BCUT2D eigenvalue weighted by molar-refractivity contribution is 5.75. The van der Waals surface area contributed by atoms with Crippen molar-refractivity contribution in [1.82, 2.24) is 15.0 Å². The third kappa shape index (κ3) is 2.55. The Bertz CT molecular complexity index is 333. The van der Waals surface area contributed by atoms with Crippen LogP contribution in [0.2, 0.25) is 0 Å². The summed E-state index contributed by atoms with van der Waals surface area (Å²) in [6.07, 6.45) is 2.47. The van der Waals surface area contributed by atoms with Crippen molar-refractivity contribution in [2.45, 2.75) is 39.7 Å². The van der Waals surface area contributed by atoms with E-state index in [1.807, 2.05) is 20.8 Å². The van der Waals surface area contributed by atoms with Crippen molar-refractivity contribution < 1.29 is 9.90 Å². The lowest BCUT2D eigenvalue weighted by molar-refractivity contribution is -0.140. The van der Waals surface area contributed by atoms with Crippen LogP contribution in [0.4, 0.5) is 0 Å². The summed E-state index contributed by atoms with van der Waals surface area (Å²) in [5.41, 5.74) is 0.694. The second-order valence-electron chi connectivity index (χ2n) is 3.94. The van der Waals surface area contributed by atoms with Crippen LogP contribution < -0.4 is 0 Å². The van der Waals surface area contributed by atoms with Gasteiger partial charge >= 0.3 is 5.97 Å². The maximum absolute atomic E-state index is 11.1. The Morgan fingerprint density at radius 3 is 2.73 bits per heavy atom.